The third kappa shape index (κ3) is 5.35. The van der Waals surface area contributed by atoms with Crippen LogP contribution in [0, 0.1) is 25.2 Å². The molecular formula is C20H20N2O4. The van der Waals surface area contributed by atoms with Crippen molar-refractivity contribution in [2.75, 3.05) is 11.9 Å². The van der Waals surface area contributed by atoms with Gasteiger partial charge in [0.25, 0.3) is 5.91 Å². The molecule has 1 N–H and O–H groups in total. The Hall–Kier alpha value is -3.33. The Balaban J connectivity index is 1.82. The van der Waals surface area contributed by atoms with Gasteiger partial charge in [-0.1, -0.05) is 6.07 Å². The number of benzene rings is 2. The number of ether oxygens (including phenoxy) is 2. The number of amides is 1. The van der Waals surface area contributed by atoms with Crippen LogP contribution in [-0.2, 0) is 14.3 Å². The standard InChI is InChI=1S/C20H20N2O4/c1-13-4-9-18(10-14(13)2)25-12-19(23)26-15(3)20(24)22-17-7-5-16(11-21)6-8-17/h4-10,15H,12H2,1-3H3,(H,22,24)/t15-/m1/s1. The molecule has 2 aromatic carbocycles. The lowest BCUT2D eigenvalue weighted by molar-refractivity contribution is -0.155. The zero-order chi connectivity index (χ0) is 19.1. The molecule has 1 amide bonds. The van der Waals surface area contributed by atoms with Crippen LogP contribution < -0.4 is 10.1 Å². The number of hydrogen-bond donors (Lipinski definition) is 1. The normalized spacial score (nSPS) is 11.2. The topological polar surface area (TPSA) is 88.4 Å². The number of carbonyl (C=O) groups excluding carboxylic acids is 2. The van der Waals surface area contributed by atoms with Gasteiger partial charge in [0.05, 0.1) is 11.6 Å². The summed E-state index contributed by atoms with van der Waals surface area (Å²) in [6, 6.07) is 13.9. The molecule has 0 bridgehead atoms. The van der Waals surface area contributed by atoms with E-state index in [0.29, 0.717) is 17.0 Å². The molecule has 6 nitrogen and oxygen atoms in total. The molecule has 2 aromatic rings. The van der Waals surface area contributed by atoms with Crippen LogP contribution in [0.1, 0.15) is 23.6 Å². The average Bonchev–Trinajstić information content (AvgIpc) is 2.63. The first-order chi connectivity index (χ1) is 12.4. The molecule has 0 aromatic heterocycles. The predicted octanol–water partition coefficient (Wildman–Crippen LogP) is 3.12. The average molecular weight is 352 g/mol. The van der Waals surface area contributed by atoms with E-state index < -0.39 is 18.0 Å². The Kier molecular flexibility index (Phi) is 6.34. The SMILES string of the molecule is Cc1ccc(OCC(=O)O[C@H](C)C(=O)Nc2ccc(C#N)cc2)cc1C. The van der Waals surface area contributed by atoms with Crippen molar-refractivity contribution in [1.29, 1.82) is 5.26 Å². The molecule has 0 saturated carbocycles. The molecule has 0 saturated heterocycles. The Morgan fingerprint density at radius 2 is 1.81 bits per heavy atom. The van der Waals surface area contributed by atoms with E-state index in [9.17, 15) is 9.59 Å². The van der Waals surface area contributed by atoms with Crippen LogP contribution in [0.3, 0.4) is 0 Å². The van der Waals surface area contributed by atoms with Crippen LogP contribution >= 0.6 is 0 Å². The summed E-state index contributed by atoms with van der Waals surface area (Å²) in [6.45, 7) is 5.14. The largest absolute Gasteiger partial charge is 0.482 e. The van der Waals surface area contributed by atoms with Gasteiger partial charge < -0.3 is 14.8 Å². The summed E-state index contributed by atoms with van der Waals surface area (Å²) in [7, 11) is 0. The van der Waals surface area contributed by atoms with Gasteiger partial charge in [-0.15, -0.1) is 0 Å². The lowest BCUT2D eigenvalue weighted by Crippen LogP contribution is -2.31. The maximum absolute atomic E-state index is 12.1. The molecule has 0 aliphatic rings. The van der Waals surface area contributed by atoms with Crippen molar-refractivity contribution < 1.29 is 19.1 Å². The Morgan fingerprint density at radius 3 is 2.42 bits per heavy atom. The van der Waals surface area contributed by atoms with E-state index in [2.05, 4.69) is 5.32 Å². The summed E-state index contributed by atoms with van der Waals surface area (Å²) in [6.07, 6.45) is -0.971. The highest BCUT2D eigenvalue weighted by molar-refractivity contribution is 5.95. The van der Waals surface area contributed by atoms with Crippen molar-refractivity contribution in [1.82, 2.24) is 0 Å². The monoisotopic (exact) mass is 352 g/mol. The molecule has 6 heteroatoms. The summed E-state index contributed by atoms with van der Waals surface area (Å²) in [5.74, 6) is -0.528. The molecule has 134 valence electrons. The smallest absolute Gasteiger partial charge is 0.344 e. The van der Waals surface area contributed by atoms with Gasteiger partial charge in [-0.3, -0.25) is 4.79 Å². The van der Waals surface area contributed by atoms with E-state index in [-0.39, 0.29) is 6.61 Å². The Labute approximate surface area is 152 Å². The van der Waals surface area contributed by atoms with Crippen molar-refractivity contribution in [3.8, 4) is 11.8 Å². The zero-order valence-corrected chi connectivity index (χ0v) is 14.9. The molecule has 2 rings (SSSR count). The first-order valence-corrected chi connectivity index (χ1v) is 8.09. The first-order valence-electron chi connectivity index (χ1n) is 8.09. The van der Waals surface area contributed by atoms with Gasteiger partial charge >= 0.3 is 5.97 Å². The van der Waals surface area contributed by atoms with Gasteiger partial charge in [-0.25, -0.2) is 4.79 Å². The Bertz CT molecular complexity index is 838. The summed E-state index contributed by atoms with van der Waals surface area (Å²) < 4.78 is 10.5. The number of hydrogen-bond acceptors (Lipinski definition) is 5. The maximum Gasteiger partial charge on any atom is 0.344 e. The van der Waals surface area contributed by atoms with Crippen molar-refractivity contribution >= 4 is 17.6 Å². The van der Waals surface area contributed by atoms with E-state index in [1.54, 1.807) is 30.3 Å². The molecule has 0 heterocycles. The minimum Gasteiger partial charge on any atom is -0.482 e. The molecule has 1 atom stereocenters. The van der Waals surface area contributed by atoms with Gasteiger partial charge in [0, 0.05) is 5.69 Å². The first kappa shape index (κ1) is 19.0. The second-order valence-corrected chi connectivity index (χ2v) is 5.85. The van der Waals surface area contributed by atoms with Crippen LogP contribution in [0.5, 0.6) is 5.75 Å². The fraction of sp³-hybridized carbons (Fsp3) is 0.250. The van der Waals surface area contributed by atoms with Gasteiger partial charge in [-0.2, -0.15) is 5.26 Å². The minimum absolute atomic E-state index is 0.281. The van der Waals surface area contributed by atoms with Crippen molar-refractivity contribution in [3.63, 3.8) is 0 Å². The van der Waals surface area contributed by atoms with Crippen LogP contribution in [0.25, 0.3) is 0 Å². The number of esters is 1. The molecule has 0 aliphatic carbocycles. The number of nitrogens with zero attached hydrogens (tertiary/aromatic N) is 1. The molecular weight excluding hydrogens is 332 g/mol. The fourth-order valence-electron chi connectivity index (χ4n) is 2.10. The van der Waals surface area contributed by atoms with Crippen LogP contribution in [0.4, 0.5) is 5.69 Å². The second-order valence-electron chi connectivity index (χ2n) is 5.85. The molecule has 0 unspecified atom stereocenters. The van der Waals surface area contributed by atoms with Crippen LogP contribution in [-0.4, -0.2) is 24.6 Å². The van der Waals surface area contributed by atoms with E-state index >= 15 is 0 Å². The molecule has 0 radical (unpaired) electrons. The van der Waals surface area contributed by atoms with Gasteiger partial charge in [0.2, 0.25) is 0 Å². The lowest BCUT2D eigenvalue weighted by Gasteiger charge is -2.14. The second kappa shape index (κ2) is 8.67. The zero-order valence-electron chi connectivity index (χ0n) is 14.9. The number of anilines is 1. The van der Waals surface area contributed by atoms with Crippen molar-refractivity contribution in [2.45, 2.75) is 26.9 Å². The quantitative estimate of drug-likeness (QED) is 0.807. The highest BCUT2D eigenvalue weighted by atomic mass is 16.6. The number of nitrogens with one attached hydrogen (secondary N) is 1. The van der Waals surface area contributed by atoms with E-state index in [4.69, 9.17) is 14.7 Å². The summed E-state index contributed by atoms with van der Waals surface area (Å²) in [5.41, 5.74) is 3.20. The van der Waals surface area contributed by atoms with E-state index in [1.807, 2.05) is 32.0 Å². The fourth-order valence-corrected chi connectivity index (χ4v) is 2.10. The number of rotatable bonds is 6. The molecule has 0 fully saturated rings. The number of aryl methyl sites for hydroxylation is 2. The number of carbonyl (C=O) groups is 2. The summed E-state index contributed by atoms with van der Waals surface area (Å²) in [4.78, 5) is 23.9. The van der Waals surface area contributed by atoms with Crippen molar-refractivity contribution in [3.05, 3.63) is 59.2 Å². The van der Waals surface area contributed by atoms with Crippen molar-refractivity contribution in [2.24, 2.45) is 0 Å². The predicted molar refractivity (Wildman–Crippen MR) is 96.8 cm³/mol. The molecule has 26 heavy (non-hydrogen) atoms. The van der Waals surface area contributed by atoms with E-state index in [0.717, 1.165) is 11.1 Å². The third-order valence-corrected chi connectivity index (χ3v) is 3.79. The summed E-state index contributed by atoms with van der Waals surface area (Å²) in [5, 5.41) is 11.4. The Morgan fingerprint density at radius 1 is 1.12 bits per heavy atom. The molecule has 0 spiro atoms. The maximum atomic E-state index is 12.1. The van der Waals surface area contributed by atoms with Gasteiger partial charge in [0.15, 0.2) is 12.7 Å². The minimum atomic E-state index is -0.971. The summed E-state index contributed by atoms with van der Waals surface area (Å²) >= 11 is 0. The van der Waals surface area contributed by atoms with Crippen LogP contribution in [0.2, 0.25) is 0 Å². The highest BCUT2D eigenvalue weighted by Crippen LogP contribution is 2.16. The highest BCUT2D eigenvalue weighted by Gasteiger charge is 2.18. The van der Waals surface area contributed by atoms with Gasteiger partial charge in [0.1, 0.15) is 5.75 Å². The molecule has 0 aliphatic heterocycles. The van der Waals surface area contributed by atoms with E-state index in [1.165, 1.54) is 6.92 Å². The third-order valence-electron chi connectivity index (χ3n) is 3.79. The van der Waals surface area contributed by atoms with Crippen LogP contribution in [0.15, 0.2) is 42.5 Å². The lowest BCUT2D eigenvalue weighted by atomic mass is 10.1. The van der Waals surface area contributed by atoms with Gasteiger partial charge in [-0.05, 0) is 68.3 Å². The number of nitriles is 1.